The van der Waals surface area contributed by atoms with Crippen molar-refractivity contribution in [1.82, 2.24) is 29.2 Å². The fourth-order valence-electron chi connectivity index (χ4n) is 4.47. The summed E-state index contributed by atoms with van der Waals surface area (Å²) in [6.07, 6.45) is 2.06. The summed E-state index contributed by atoms with van der Waals surface area (Å²) in [5, 5.41) is 2.95. The molecule has 1 unspecified atom stereocenters. The number of imidazole rings is 2. The van der Waals surface area contributed by atoms with Gasteiger partial charge in [0.2, 0.25) is 5.78 Å². The molecule has 1 aromatic carbocycles. The molecule has 10 heteroatoms. The maximum absolute atomic E-state index is 13.1. The zero-order valence-corrected chi connectivity index (χ0v) is 19.4. The number of amides is 1. The predicted molar refractivity (Wildman–Crippen MR) is 124 cm³/mol. The molecule has 35 heavy (non-hydrogen) atoms. The van der Waals surface area contributed by atoms with Crippen molar-refractivity contribution in [2.75, 3.05) is 0 Å². The Morgan fingerprint density at radius 1 is 1.17 bits per heavy atom. The van der Waals surface area contributed by atoms with Gasteiger partial charge >= 0.3 is 6.18 Å². The van der Waals surface area contributed by atoms with Gasteiger partial charge in [-0.1, -0.05) is 31.2 Å². The van der Waals surface area contributed by atoms with E-state index < -0.39 is 12.1 Å². The number of nitrogens with one attached hydrogen (secondary N) is 1. The number of fused-ring (bicyclic) bond motifs is 2. The predicted octanol–water partition coefficient (Wildman–Crippen LogP) is 4.52. The summed E-state index contributed by atoms with van der Waals surface area (Å²) < 4.78 is 42.6. The second-order valence-electron chi connectivity index (χ2n) is 8.91. The minimum Gasteiger partial charge on any atom is -0.347 e. The van der Waals surface area contributed by atoms with Gasteiger partial charge in [-0.3, -0.25) is 9.20 Å². The number of benzene rings is 1. The Balaban J connectivity index is 1.28. The van der Waals surface area contributed by atoms with Crippen molar-refractivity contribution < 1.29 is 18.0 Å². The fourth-order valence-corrected chi connectivity index (χ4v) is 4.47. The summed E-state index contributed by atoms with van der Waals surface area (Å²) in [6, 6.07) is 7.51. The first-order valence-electron chi connectivity index (χ1n) is 11.6. The number of carbonyl (C=O) groups excluding carboxylic acids is 1. The molecule has 7 nitrogen and oxygen atoms in total. The third kappa shape index (κ3) is 4.52. The first-order valence-corrected chi connectivity index (χ1v) is 11.6. The summed E-state index contributed by atoms with van der Waals surface area (Å²) in [7, 11) is 0. The van der Waals surface area contributed by atoms with Gasteiger partial charge in [-0.15, -0.1) is 0 Å². The maximum Gasteiger partial charge on any atom is 0.393 e. The molecular formula is C25H25F3N6O. The van der Waals surface area contributed by atoms with E-state index in [0.29, 0.717) is 48.1 Å². The molecule has 1 N–H and O–H groups in total. The quantitative estimate of drug-likeness (QED) is 0.454. The van der Waals surface area contributed by atoms with Crippen LogP contribution in [-0.4, -0.2) is 36.0 Å². The molecule has 0 radical (unpaired) electrons. The van der Waals surface area contributed by atoms with Gasteiger partial charge in [0.25, 0.3) is 5.91 Å². The molecule has 0 bridgehead atoms. The molecule has 3 aromatic heterocycles. The van der Waals surface area contributed by atoms with Crippen molar-refractivity contribution in [3.8, 4) is 11.3 Å². The van der Waals surface area contributed by atoms with E-state index in [4.69, 9.17) is 0 Å². The zero-order chi connectivity index (χ0) is 24.7. The molecule has 1 aliphatic heterocycles. The maximum atomic E-state index is 13.1. The van der Waals surface area contributed by atoms with E-state index in [1.807, 2.05) is 44.3 Å². The monoisotopic (exact) mass is 482 g/mol. The third-order valence-corrected chi connectivity index (χ3v) is 6.39. The van der Waals surface area contributed by atoms with E-state index in [1.165, 1.54) is 0 Å². The van der Waals surface area contributed by atoms with Crippen molar-refractivity contribution in [3.05, 3.63) is 71.2 Å². The average Bonchev–Trinajstić information content (AvgIpc) is 3.42. The van der Waals surface area contributed by atoms with E-state index in [1.54, 1.807) is 21.4 Å². The van der Waals surface area contributed by atoms with Gasteiger partial charge in [0.05, 0.1) is 17.3 Å². The molecule has 1 amide bonds. The van der Waals surface area contributed by atoms with E-state index >= 15 is 0 Å². The first kappa shape index (κ1) is 23.1. The van der Waals surface area contributed by atoms with Crippen LogP contribution >= 0.6 is 0 Å². The zero-order valence-electron chi connectivity index (χ0n) is 19.4. The van der Waals surface area contributed by atoms with E-state index in [0.717, 1.165) is 16.7 Å². The van der Waals surface area contributed by atoms with Crippen LogP contribution in [0.3, 0.4) is 0 Å². The lowest BCUT2D eigenvalue weighted by molar-refractivity contribution is -0.182. The number of alkyl halides is 3. The van der Waals surface area contributed by atoms with Gasteiger partial charge < -0.3 is 9.88 Å². The van der Waals surface area contributed by atoms with Gasteiger partial charge in [0.15, 0.2) is 0 Å². The van der Waals surface area contributed by atoms with Crippen LogP contribution in [-0.2, 0) is 25.9 Å². The van der Waals surface area contributed by atoms with E-state index in [9.17, 15) is 18.0 Å². The van der Waals surface area contributed by atoms with Crippen LogP contribution in [0, 0.1) is 12.8 Å². The summed E-state index contributed by atoms with van der Waals surface area (Å²) in [5.74, 6) is -0.386. The van der Waals surface area contributed by atoms with Crippen LogP contribution in [0.2, 0.25) is 0 Å². The SMILES string of the molecule is CCc1nc2ncc(C)cn2c1C(=O)NCc1ccc(-c2cn3c(n2)CCC(C(F)(F)F)C3)cc1. The highest BCUT2D eigenvalue weighted by Gasteiger charge is 2.41. The number of hydrogen-bond acceptors (Lipinski definition) is 4. The van der Waals surface area contributed by atoms with Crippen molar-refractivity contribution >= 4 is 11.7 Å². The lowest BCUT2D eigenvalue weighted by atomic mass is 9.99. The second kappa shape index (κ2) is 8.83. The lowest BCUT2D eigenvalue weighted by Gasteiger charge is -2.25. The first-order chi connectivity index (χ1) is 16.7. The molecule has 1 atom stereocenters. The number of rotatable bonds is 5. The molecule has 182 valence electrons. The number of halogens is 3. The number of hydrogen-bond donors (Lipinski definition) is 1. The van der Waals surface area contributed by atoms with Crippen molar-refractivity contribution in [2.45, 2.75) is 52.4 Å². The molecule has 4 aromatic rings. The topological polar surface area (TPSA) is 77.1 Å². The highest BCUT2D eigenvalue weighted by atomic mass is 19.4. The van der Waals surface area contributed by atoms with Crippen LogP contribution in [0.25, 0.3) is 17.0 Å². The fraction of sp³-hybridized carbons (Fsp3) is 0.360. The van der Waals surface area contributed by atoms with Crippen molar-refractivity contribution in [1.29, 1.82) is 0 Å². The molecule has 0 saturated carbocycles. The summed E-state index contributed by atoms with van der Waals surface area (Å²) >= 11 is 0. The smallest absolute Gasteiger partial charge is 0.347 e. The van der Waals surface area contributed by atoms with Gasteiger partial charge in [0.1, 0.15) is 11.5 Å². The molecule has 0 fully saturated rings. The number of aryl methyl sites for hydroxylation is 3. The molecular weight excluding hydrogens is 457 g/mol. The third-order valence-electron chi connectivity index (χ3n) is 6.39. The average molecular weight is 483 g/mol. The second-order valence-corrected chi connectivity index (χ2v) is 8.91. The highest BCUT2D eigenvalue weighted by Crippen LogP contribution is 2.35. The van der Waals surface area contributed by atoms with Gasteiger partial charge in [-0.2, -0.15) is 13.2 Å². The standard InChI is InChI=1S/C25H25F3N6O/c1-3-19-22(34-12-15(2)10-30-24(34)32-19)23(35)29-11-16-4-6-17(7-5-16)20-14-33-13-18(25(26,27)28)8-9-21(33)31-20/h4-7,10,12,14,18H,3,8-9,11,13H2,1-2H3,(H,29,35). The summed E-state index contributed by atoms with van der Waals surface area (Å²) in [4.78, 5) is 26.3. The lowest BCUT2D eigenvalue weighted by Crippen LogP contribution is -2.31. The minimum absolute atomic E-state index is 0.0699. The van der Waals surface area contributed by atoms with Crippen LogP contribution in [0.15, 0.2) is 42.9 Å². The highest BCUT2D eigenvalue weighted by molar-refractivity contribution is 5.94. The number of nitrogens with zero attached hydrogens (tertiary/aromatic N) is 5. The van der Waals surface area contributed by atoms with Crippen LogP contribution in [0.1, 0.15) is 46.5 Å². The van der Waals surface area contributed by atoms with Gasteiger partial charge in [-0.05, 0) is 30.9 Å². The van der Waals surface area contributed by atoms with Crippen molar-refractivity contribution in [3.63, 3.8) is 0 Å². The molecule has 0 saturated heterocycles. The summed E-state index contributed by atoms with van der Waals surface area (Å²) in [5.41, 5.74) is 4.46. The molecule has 5 rings (SSSR count). The van der Waals surface area contributed by atoms with E-state index in [-0.39, 0.29) is 18.9 Å². The number of carbonyl (C=O) groups is 1. The Morgan fingerprint density at radius 3 is 2.66 bits per heavy atom. The Hall–Kier alpha value is -3.69. The van der Waals surface area contributed by atoms with Gasteiger partial charge in [-0.25, -0.2) is 15.0 Å². The van der Waals surface area contributed by atoms with E-state index in [2.05, 4.69) is 20.3 Å². The van der Waals surface area contributed by atoms with Crippen LogP contribution in [0.4, 0.5) is 13.2 Å². The van der Waals surface area contributed by atoms with Gasteiger partial charge in [0, 0.05) is 43.7 Å². The molecule has 0 aliphatic carbocycles. The molecule has 1 aliphatic rings. The largest absolute Gasteiger partial charge is 0.393 e. The molecule has 4 heterocycles. The van der Waals surface area contributed by atoms with Crippen molar-refractivity contribution in [2.24, 2.45) is 5.92 Å². The summed E-state index contributed by atoms with van der Waals surface area (Å²) in [6.45, 7) is 4.09. The Labute approximate surface area is 200 Å². The van der Waals surface area contributed by atoms with Crippen LogP contribution in [0.5, 0.6) is 0 Å². The van der Waals surface area contributed by atoms with Crippen LogP contribution < -0.4 is 5.32 Å². The Kier molecular flexibility index (Phi) is 5.82. The number of aromatic nitrogens is 5. The normalized spacial score (nSPS) is 15.9. The minimum atomic E-state index is -4.19. The Bertz CT molecular complexity index is 1390. The molecule has 0 spiro atoms. The Morgan fingerprint density at radius 2 is 1.94 bits per heavy atom.